The molecule has 0 saturated heterocycles. The fraction of sp³-hybridized carbons (Fsp3) is 0.286. The molecule has 0 spiro atoms. The summed E-state index contributed by atoms with van der Waals surface area (Å²) in [5.41, 5.74) is 0.962. The zero-order valence-electron chi connectivity index (χ0n) is 12.2. The van der Waals surface area contributed by atoms with Crippen molar-refractivity contribution in [1.29, 1.82) is 0 Å². The first kappa shape index (κ1) is 15.9. The molecular weight excluding hydrogens is 306 g/mol. The SMILES string of the molecule is CCOC(=O)C(=O)Nc1nnc(Cc2ccccc2OC)s1. The Bertz CT molecular complexity index is 672. The van der Waals surface area contributed by atoms with Gasteiger partial charge in [0.2, 0.25) is 5.13 Å². The van der Waals surface area contributed by atoms with Crippen molar-refractivity contribution in [2.75, 3.05) is 19.0 Å². The maximum Gasteiger partial charge on any atom is 0.397 e. The molecule has 1 heterocycles. The second-order valence-corrected chi connectivity index (χ2v) is 5.23. The number of carbonyl (C=O) groups excluding carboxylic acids is 2. The van der Waals surface area contributed by atoms with Crippen LogP contribution in [0.4, 0.5) is 5.13 Å². The van der Waals surface area contributed by atoms with Gasteiger partial charge in [-0.2, -0.15) is 0 Å². The summed E-state index contributed by atoms with van der Waals surface area (Å²) in [7, 11) is 1.60. The van der Waals surface area contributed by atoms with Gasteiger partial charge in [0.1, 0.15) is 10.8 Å². The van der Waals surface area contributed by atoms with Gasteiger partial charge in [0.15, 0.2) is 0 Å². The molecule has 8 heteroatoms. The predicted molar refractivity (Wildman–Crippen MR) is 81.0 cm³/mol. The number of benzene rings is 1. The monoisotopic (exact) mass is 321 g/mol. The van der Waals surface area contributed by atoms with Crippen molar-refractivity contribution in [3.8, 4) is 5.75 Å². The van der Waals surface area contributed by atoms with Crippen molar-refractivity contribution in [2.24, 2.45) is 0 Å². The van der Waals surface area contributed by atoms with Gasteiger partial charge in [-0.15, -0.1) is 10.2 Å². The van der Waals surface area contributed by atoms with Crippen molar-refractivity contribution in [3.05, 3.63) is 34.8 Å². The summed E-state index contributed by atoms with van der Waals surface area (Å²) < 4.78 is 9.87. The van der Waals surface area contributed by atoms with Crippen molar-refractivity contribution >= 4 is 28.3 Å². The average Bonchev–Trinajstić information content (AvgIpc) is 2.95. The van der Waals surface area contributed by atoms with E-state index in [1.54, 1.807) is 14.0 Å². The van der Waals surface area contributed by atoms with E-state index in [4.69, 9.17) is 4.74 Å². The molecule has 0 fully saturated rings. The summed E-state index contributed by atoms with van der Waals surface area (Å²) >= 11 is 1.19. The lowest BCUT2D eigenvalue weighted by Crippen LogP contribution is -2.24. The highest BCUT2D eigenvalue weighted by molar-refractivity contribution is 7.15. The first-order valence-electron chi connectivity index (χ1n) is 6.56. The van der Waals surface area contributed by atoms with Crippen LogP contribution in [0, 0.1) is 0 Å². The summed E-state index contributed by atoms with van der Waals surface area (Å²) in [4.78, 5) is 22.7. The highest BCUT2D eigenvalue weighted by Crippen LogP contribution is 2.24. The minimum Gasteiger partial charge on any atom is -0.496 e. The summed E-state index contributed by atoms with van der Waals surface area (Å²) in [5.74, 6) is -1.04. The van der Waals surface area contributed by atoms with Crippen LogP contribution in [0.2, 0.25) is 0 Å². The molecule has 0 radical (unpaired) electrons. The number of hydrogen-bond acceptors (Lipinski definition) is 7. The minimum atomic E-state index is -0.941. The minimum absolute atomic E-state index is 0.140. The second-order valence-electron chi connectivity index (χ2n) is 4.16. The topological polar surface area (TPSA) is 90.4 Å². The molecule has 0 aliphatic heterocycles. The number of methoxy groups -OCH3 is 1. The van der Waals surface area contributed by atoms with Gasteiger partial charge in [-0.3, -0.25) is 10.1 Å². The third-order valence-electron chi connectivity index (χ3n) is 2.68. The fourth-order valence-corrected chi connectivity index (χ4v) is 2.49. The standard InChI is InChI=1S/C14H15N3O4S/c1-3-21-13(19)12(18)15-14-17-16-11(22-14)8-9-6-4-5-7-10(9)20-2/h4-7H,3,8H2,1-2H3,(H,15,17,18). The van der Waals surface area contributed by atoms with E-state index < -0.39 is 11.9 Å². The molecule has 1 aromatic carbocycles. The lowest BCUT2D eigenvalue weighted by molar-refractivity contribution is -0.152. The average molecular weight is 321 g/mol. The highest BCUT2D eigenvalue weighted by Gasteiger charge is 2.17. The lowest BCUT2D eigenvalue weighted by atomic mass is 10.1. The first-order chi connectivity index (χ1) is 10.6. The second kappa shape index (κ2) is 7.51. The molecule has 7 nitrogen and oxygen atoms in total. The number of para-hydroxylation sites is 1. The Morgan fingerprint density at radius 3 is 2.77 bits per heavy atom. The van der Waals surface area contributed by atoms with E-state index in [0.717, 1.165) is 11.3 Å². The van der Waals surface area contributed by atoms with Crippen LogP contribution >= 0.6 is 11.3 Å². The van der Waals surface area contributed by atoms with E-state index in [1.165, 1.54) is 11.3 Å². The molecule has 1 amide bonds. The van der Waals surface area contributed by atoms with Gasteiger partial charge >= 0.3 is 11.9 Å². The Morgan fingerprint density at radius 2 is 2.05 bits per heavy atom. The van der Waals surface area contributed by atoms with Crippen LogP contribution < -0.4 is 10.1 Å². The van der Waals surface area contributed by atoms with Crippen molar-refractivity contribution in [3.63, 3.8) is 0 Å². The Labute approximate surface area is 131 Å². The highest BCUT2D eigenvalue weighted by atomic mass is 32.1. The largest absolute Gasteiger partial charge is 0.496 e. The normalized spacial score (nSPS) is 10.1. The lowest BCUT2D eigenvalue weighted by Gasteiger charge is -2.05. The Morgan fingerprint density at radius 1 is 1.27 bits per heavy atom. The number of nitrogens with zero attached hydrogens (tertiary/aromatic N) is 2. The smallest absolute Gasteiger partial charge is 0.397 e. The Hall–Kier alpha value is -2.48. The summed E-state index contributed by atoms with van der Waals surface area (Å²) in [6.45, 7) is 1.77. The number of esters is 1. The van der Waals surface area contributed by atoms with Crippen molar-refractivity contribution < 1.29 is 19.1 Å². The molecule has 0 aliphatic carbocycles. The summed E-state index contributed by atoms with van der Waals surface area (Å²) in [5, 5.41) is 11.1. The van der Waals surface area contributed by atoms with E-state index in [2.05, 4.69) is 20.3 Å². The zero-order valence-corrected chi connectivity index (χ0v) is 13.0. The molecule has 0 unspecified atom stereocenters. The van der Waals surface area contributed by atoms with Gasteiger partial charge in [0.05, 0.1) is 13.7 Å². The molecule has 2 rings (SSSR count). The van der Waals surface area contributed by atoms with Crippen LogP contribution in [0.25, 0.3) is 0 Å². The fourth-order valence-electron chi connectivity index (χ4n) is 1.73. The molecule has 116 valence electrons. The van der Waals surface area contributed by atoms with Gasteiger partial charge in [-0.05, 0) is 13.0 Å². The maximum atomic E-state index is 11.5. The molecule has 0 saturated carbocycles. The van der Waals surface area contributed by atoms with Gasteiger partial charge < -0.3 is 9.47 Å². The van der Waals surface area contributed by atoms with E-state index >= 15 is 0 Å². The Balaban J connectivity index is 2.02. The third kappa shape index (κ3) is 4.01. The first-order valence-corrected chi connectivity index (χ1v) is 7.38. The number of amides is 1. The molecule has 22 heavy (non-hydrogen) atoms. The van der Waals surface area contributed by atoms with Crippen LogP contribution in [-0.4, -0.2) is 35.8 Å². The zero-order chi connectivity index (χ0) is 15.9. The molecule has 1 N–H and O–H groups in total. The maximum absolute atomic E-state index is 11.5. The van der Waals surface area contributed by atoms with Gasteiger partial charge in [-0.25, -0.2) is 4.79 Å². The van der Waals surface area contributed by atoms with E-state index in [9.17, 15) is 9.59 Å². The van der Waals surface area contributed by atoms with Gasteiger partial charge in [0.25, 0.3) is 0 Å². The van der Waals surface area contributed by atoms with Crippen molar-refractivity contribution in [1.82, 2.24) is 10.2 Å². The molecule has 1 aromatic heterocycles. The van der Waals surface area contributed by atoms with Crippen LogP contribution in [0.1, 0.15) is 17.5 Å². The van der Waals surface area contributed by atoms with Crippen LogP contribution in [0.3, 0.4) is 0 Å². The van der Waals surface area contributed by atoms with Gasteiger partial charge in [0, 0.05) is 12.0 Å². The third-order valence-corrected chi connectivity index (χ3v) is 3.52. The van der Waals surface area contributed by atoms with Crippen LogP contribution in [0.5, 0.6) is 5.75 Å². The quantitative estimate of drug-likeness (QED) is 0.665. The Kier molecular flexibility index (Phi) is 5.42. The number of aromatic nitrogens is 2. The predicted octanol–water partition coefficient (Wildman–Crippen LogP) is 1.64. The number of ether oxygens (including phenoxy) is 2. The summed E-state index contributed by atoms with van der Waals surface area (Å²) in [6.07, 6.45) is 0.525. The summed E-state index contributed by atoms with van der Waals surface area (Å²) in [6, 6.07) is 7.58. The molecular formula is C14H15N3O4S. The number of hydrogen-bond donors (Lipinski definition) is 1. The molecule has 0 atom stereocenters. The van der Waals surface area contributed by atoms with E-state index in [1.807, 2.05) is 24.3 Å². The van der Waals surface area contributed by atoms with E-state index in [0.29, 0.717) is 11.4 Å². The van der Waals surface area contributed by atoms with E-state index in [-0.39, 0.29) is 11.7 Å². The van der Waals surface area contributed by atoms with Crippen molar-refractivity contribution in [2.45, 2.75) is 13.3 Å². The molecule has 0 aliphatic rings. The van der Waals surface area contributed by atoms with Gasteiger partial charge in [-0.1, -0.05) is 29.5 Å². The van der Waals surface area contributed by atoms with Crippen LogP contribution in [0.15, 0.2) is 24.3 Å². The number of nitrogens with one attached hydrogen (secondary N) is 1. The molecule has 2 aromatic rings. The molecule has 0 bridgehead atoms. The number of carbonyl (C=O) groups is 2. The number of anilines is 1. The number of rotatable bonds is 5. The van der Waals surface area contributed by atoms with Crippen LogP contribution in [-0.2, 0) is 20.7 Å².